The van der Waals surface area contributed by atoms with Crippen LogP contribution in [0.15, 0.2) is 24.3 Å². The molecule has 2 aliphatic heterocycles. The van der Waals surface area contributed by atoms with Gasteiger partial charge in [-0.05, 0) is 50.1 Å². The molecule has 194 valence electrons. The van der Waals surface area contributed by atoms with Crippen molar-refractivity contribution in [2.45, 2.75) is 25.9 Å². The van der Waals surface area contributed by atoms with Gasteiger partial charge in [0, 0.05) is 91.6 Å². The molecule has 1 aromatic rings. The van der Waals surface area contributed by atoms with Crippen LogP contribution in [0.3, 0.4) is 0 Å². The molecule has 0 spiro atoms. The highest BCUT2D eigenvalue weighted by Gasteiger charge is 2.10. The van der Waals surface area contributed by atoms with E-state index in [1.165, 1.54) is 24.0 Å². The number of hydrogen-bond acceptors (Lipinski definition) is 8. The molecule has 0 aromatic heterocycles. The minimum absolute atomic E-state index is 1.02. The highest BCUT2D eigenvalue weighted by molar-refractivity contribution is 5.23. The molecule has 0 atom stereocenters. The van der Waals surface area contributed by atoms with Crippen LogP contribution in [-0.4, -0.2) is 115 Å². The Hall–Kier alpha value is -1.10. The first-order chi connectivity index (χ1) is 16.9. The van der Waals surface area contributed by atoms with E-state index in [2.05, 4.69) is 66.0 Å². The van der Waals surface area contributed by atoms with Crippen LogP contribution in [0.1, 0.15) is 24.0 Å². The van der Waals surface area contributed by atoms with Crippen LogP contribution < -0.4 is 31.9 Å². The molecular weight excluding hydrogens is 424 g/mol. The van der Waals surface area contributed by atoms with Crippen molar-refractivity contribution in [1.29, 1.82) is 0 Å². The fourth-order valence-electron chi connectivity index (χ4n) is 4.61. The van der Waals surface area contributed by atoms with E-state index in [4.69, 9.17) is 0 Å². The molecule has 0 amide bonds. The maximum Gasteiger partial charge on any atom is 0.0234 e. The molecule has 2 saturated heterocycles. The normalized spacial score (nSPS) is 22.8. The fraction of sp³-hybridized carbons (Fsp3) is 0.769. The maximum atomic E-state index is 3.61. The Morgan fingerprint density at radius 3 is 1.24 bits per heavy atom. The maximum absolute atomic E-state index is 3.61. The van der Waals surface area contributed by atoms with E-state index >= 15 is 0 Å². The van der Waals surface area contributed by atoms with Crippen molar-refractivity contribution in [3.8, 4) is 0 Å². The summed E-state index contributed by atoms with van der Waals surface area (Å²) in [4.78, 5) is 5.18. The number of benzene rings is 1. The van der Waals surface area contributed by atoms with Crippen molar-refractivity contribution in [3.63, 3.8) is 0 Å². The molecule has 2 heterocycles. The Bertz CT molecular complexity index is 551. The summed E-state index contributed by atoms with van der Waals surface area (Å²) in [5.74, 6) is 0. The molecular formula is C26H50N8. The van der Waals surface area contributed by atoms with Crippen LogP contribution in [0.25, 0.3) is 0 Å². The Kier molecular flexibility index (Phi) is 14.7. The van der Waals surface area contributed by atoms with E-state index in [9.17, 15) is 0 Å². The van der Waals surface area contributed by atoms with Crippen LogP contribution in [0.2, 0.25) is 0 Å². The van der Waals surface area contributed by atoms with Crippen LogP contribution in [0.5, 0.6) is 0 Å². The van der Waals surface area contributed by atoms with Gasteiger partial charge in [0.05, 0.1) is 0 Å². The third kappa shape index (κ3) is 12.6. The Morgan fingerprint density at radius 1 is 0.471 bits per heavy atom. The van der Waals surface area contributed by atoms with Gasteiger partial charge in [-0.3, -0.25) is 9.80 Å². The van der Waals surface area contributed by atoms with Gasteiger partial charge in [0.15, 0.2) is 0 Å². The summed E-state index contributed by atoms with van der Waals surface area (Å²) in [5.41, 5.74) is 2.85. The van der Waals surface area contributed by atoms with Gasteiger partial charge in [-0.15, -0.1) is 0 Å². The smallest absolute Gasteiger partial charge is 0.0234 e. The summed E-state index contributed by atoms with van der Waals surface area (Å²) in [6.07, 6.45) is 2.39. The molecule has 34 heavy (non-hydrogen) atoms. The summed E-state index contributed by atoms with van der Waals surface area (Å²) in [6.45, 7) is 19.2. The molecule has 0 unspecified atom stereocenters. The number of nitrogens with zero attached hydrogens (tertiary/aromatic N) is 2. The van der Waals surface area contributed by atoms with Crippen LogP contribution >= 0.6 is 0 Å². The number of hydrogen-bond donors (Lipinski definition) is 6. The molecule has 2 fully saturated rings. The Morgan fingerprint density at radius 2 is 0.824 bits per heavy atom. The second-order valence-electron chi connectivity index (χ2n) is 9.58. The van der Waals surface area contributed by atoms with Gasteiger partial charge in [0.1, 0.15) is 0 Å². The molecule has 1 aromatic carbocycles. The standard InChI is InChI=1S/C26H50N8/c1-4-25(23-33-18-14-29-8-2-6-27-10-12-31-16-20-33)22-26(5-1)24-34-19-15-30-9-3-7-28-11-13-32-17-21-34/h1,4-5,22,27-32H,2-3,6-21,23-24H2. The van der Waals surface area contributed by atoms with E-state index in [0.717, 1.165) is 118 Å². The third-order valence-electron chi connectivity index (χ3n) is 6.59. The Labute approximate surface area is 208 Å². The number of rotatable bonds is 4. The first kappa shape index (κ1) is 27.5. The highest BCUT2D eigenvalue weighted by atomic mass is 15.2. The molecule has 8 nitrogen and oxygen atoms in total. The van der Waals surface area contributed by atoms with Crippen molar-refractivity contribution in [1.82, 2.24) is 41.7 Å². The Balaban J connectivity index is 1.51. The van der Waals surface area contributed by atoms with Crippen molar-refractivity contribution < 1.29 is 0 Å². The van der Waals surface area contributed by atoms with Crippen molar-refractivity contribution in [3.05, 3.63) is 35.4 Å². The van der Waals surface area contributed by atoms with Gasteiger partial charge < -0.3 is 31.9 Å². The third-order valence-corrected chi connectivity index (χ3v) is 6.59. The lowest BCUT2D eigenvalue weighted by Gasteiger charge is -2.25. The quantitative estimate of drug-likeness (QED) is 0.353. The molecule has 8 heteroatoms. The van der Waals surface area contributed by atoms with Gasteiger partial charge in [-0.25, -0.2) is 0 Å². The second kappa shape index (κ2) is 18.2. The molecule has 0 saturated carbocycles. The summed E-state index contributed by atoms with van der Waals surface area (Å²) < 4.78 is 0. The van der Waals surface area contributed by atoms with Crippen molar-refractivity contribution >= 4 is 0 Å². The van der Waals surface area contributed by atoms with E-state index in [0.29, 0.717) is 0 Å². The van der Waals surface area contributed by atoms with E-state index < -0.39 is 0 Å². The molecule has 0 aliphatic carbocycles. The molecule has 2 aliphatic rings. The number of nitrogens with one attached hydrogen (secondary N) is 6. The zero-order valence-electron chi connectivity index (χ0n) is 21.3. The topological polar surface area (TPSA) is 78.7 Å². The average Bonchev–Trinajstić information content (AvgIpc) is 2.89. The summed E-state index contributed by atoms with van der Waals surface area (Å²) in [6, 6.07) is 9.27. The largest absolute Gasteiger partial charge is 0.315 e. The molecule has 0 bridgehead atoms. The lowest BCUT2D eigenvalue weighted by molar-refractivity contribution is 0.261. The van der Waals surface area contributed by atoms with Gasteiger partial charge >= 0.3 is 0 Å². The average molecular weight is 475 g/mol. The summed E-state index contributed by atoms with van der Waals surface area (Å²) in [7, 11) is 0. The van der Waals surface area contributed by atoms with E-state index in [1.54, 1.807) is 0 Å². The highest BCUT2D eigenvalue weighted by Crippen LogP contribution is 2.11. The molecule has 0 radical (unpaired) electrons. The molecule has 3 rings (SSSR count). The second-order valence-corrected chi connectivity index (χ2v) is 9.58. The summed E-state index contributed by atoms with van der Waals surface area (Å²) >= 11 is 0. The zero-order valence-corrected chi connectivity index (χ0v) is 21.3. The predicted molar refractivity (Wildman–Crippen MR) is 143 cm³/mol. The monoisotopic (exact) mass is 474 g/mol. The first-order valence-corrected chi connectivity index (χ1v) is 13.7. The lowest BCUT2D eigenvalue weighted by Crippen LogP contribution is -2.38. The van der Waals surface area contributed by atoms with Crippen LogP contribution in [0.4, 0.5) is 0 Å². The van der Waals surface area contributed by atoms with Gasteiger partial charge in [-0.1, -0.05) is 24.3 Å². The van der Waals surface area contributed by atoms with Crippen LogP contribution in [0, 0.1) is 0 Å². The minimum Gasteiger partial charge on any atom is -0.315 e. The van der Waals surface area contributed by atoms with Crippen molar-refractivity contribution in [2.24, 2.45) is 0 Å². The van der Waals surface area contributed by atoms with Gasteiger partial charge in [-0.2, -0.15) is 0 Å². The SMILES string of the molecule is c1cc(CN2CCNCCCNCCNCC2)cc(CN2CCNCCCNCCNCC2)c1. The molecule has 6 N–H and O–H groups in total. The minimum atomic E-state index is 1.02. The van der Waals surface area contributed by atoms with Gasteiger partial charge in [0.2, 0.25) is 0 Å². The summed E-state index contributed by atoms with van der Waals surface area (Å²) in [5, 5.41) is 21.4. The van der Waals surface area contributed by atoms with Crippen molar-refractivity contribution in [2.75, 3.05) is 105 Å². The zero-order chi connectivity index (χ0) is 23.5. The van der Waals surface area contributed by atoms with E-state index in [1.807, 2.05) is 0 Å². The lowest BCUT2D eigenvalue weighted by atomic mass is 10.1. The fourth-order valence-corrected chi connectivity index (χ4v) is 4.61. The first-order valence-electron chi connectivity index (χ1n) is 13.7. The van der Waals surface area contributed by atoms with Gasteiger partial charge in [0.25, 0.3) is 0 Å². The van der Waals surface area contributed by atoms with Crippen LogP contribution in [-0.2, 0) is 13.1 Å². The van der Waals surface area contributed by atoms with E-state index in [-0.39, 0.29) is 0 Å². The predicted octanol–water partition coefficient (Wildman–Crippen LogP) is -0.364.